The second-order valence-electron chi connectivity index (χ2n) is 7.49. The molecular formula is C26H21FN4O3. The van der Waals surface area contributed by atoms with Crippen LogP contribution in [0.3, 0.4) is 0 Å². The van der Waals surface area contributed by atoms with E-state index in [0.29, 0.717) is 28.4 Å². The number of ether oxygens (including phenoxy) is 1. The summed E-state index contributed by atoms with van der Waals surface area (Å²) < 4.78 is 19.3. The third-order valence-electron chi connectivity index (χ3n) is 5.01. The number of aryl methyl sites for hydroxylation is 1. The van der Waals surface area contributed by atoms with Gasteiger partial charge in [0.2, 0.25) is 0 Å². The quantitative estimate of drug-likeness (QED) is 0.421. The lowest BCUT2D eigenvalue weighted by atomic mass is 10.1. The number of methoxy groups -OCH3 is 1. The predicted molar refractivity (Wildman–Crippen MR) is 128 cm³/mol. The number of hydrogen-bond acceptors (Lipinski definition) is 5. The number of amides is 2. The summed E-state index contributed by atoms with van der Waals surface area (Å²) in [7, 11) is 1.45. The van der Waals surface area contributed by atoms with Gasteiger partial charge >= 0.3 is 0 Å². The smallest absolute Gasteiger partial charge is 0.259 e. The number of rotatable bonds is 6. The molecule has 170 valence electrons. The summed E-state index contributed by atoms with van der Waals surface area (Å²) in [6, 6.07) is 15.9. The Morgan fingerprint density at radius 2 is 1.68 bits per heavy atom. The minimum absolute atomic E-state index is 0.199. The third kappa shape index (κ3) is 5.07. The molecule has 8 heteroatoms. The van der Waals surface area contributed by atoms with E-state index in [1.165, 1.54) is 31.6 Å². The normalized spacial score (nSPS) is 10.4. The molecule has 2 amide bonds. The van der Waals surface area contributed by atoms with Gasteiger partial charge in [-0.1, -0.05) is 12.1 Å². The number of halogens is 1. The average molecular weight is 456 g/mol. The van der Waals surface area contributed by atoms with E-state index in [4.69, 9.17) is 4.74 Å². The van der Waals surface area contributed by atoms with Crippen LogP contribution in [0.5, 0.6) is 5.75 Å². The van der Waals surface area contributed by atoms with Crippen molar-refractivity contribution in [2.45, 2.75) is 6.92 Å². The van der Waals surface area contributed by atoms with Crippen LogP contribution in [-0.4, -0.2) is 28.9 Å². The fraction of sp³-hybridized carbons (Fsp3) is 0.0769. The number of pyridine rings is 2. The summed E-state index contributed by atoms with van der Waals surface area (Å²) in [5.74, 6) is -0.924. The van der Waals surface area contributed by atoms with Crippen LogP contribution in [0.1, 0.15) is 26.3 Å². The van der Waals surface area contributed by atoms with Crippen LogP contribution in [0.15, 0.2) is 79.3 Å². The molecule has 0 radical (unpaired) electrons. The zero-order valence-electron chi connectivity index (χ0n) is 18.5. The first-order chi connectivity index (χ1) is 16.4. The van der Waals surface area contributed by atoms with Crippen molar-refractivity contribution in [2.75, 3.05) is 17.7 Å². The van der Waals surface area contributed by atoms with Gasteiger partial charge in [-0.25, -0.2) is 4.39 Å². The molecule has 0 atom stereocenters. The number of aromatic nitrogens is 2. The Bertz CT molecular complexity index is 1360. The Morgan fingerprint density at radius 3 is 2.38 bits per heavy atom. The second kappa shape index (κ2) is 9.91. The van der Waals surface area contributed by atoms with Gasteiger partial charge in [0.1, 0.15) is 11.6 Å². The molecule has 0 unspecified atom stereocenters. The maximum absolute atomic E-state index is 14.0. The first-order valence-electron chi connectivity index (χ1n) is 10.4. The number of anilines is 2. The van der Waals surface area contributed by atoms with Crippen molar-refractivity contribution in [2.24, 2.45) is 0 Å². The number of nitrogens with zero attached hydrogens (tertiary/aromatic N) is 2. The summed E-state index contributed by atoms with van der Waals surface area (Å²) in [6.07, 6.45) is 4.66. The molecule has 2 aromatic heterocycles. The molecule has 0 spiro atoms. The van der Waals surface area contributed by atoms with Crippen LogP contribution >= 0.6 is 0 Å². The van der Waals surface area contributed by atoms with Crippen molar-refractivity contribution < 1.29 is 18.7 Å². The molecule has 0 aliphatic rings. The maximum Gasteiger partial charge on any atom is 0.259 e. The summed E-state index contributed by atoms with van der Waals surface area (Å²) in [4.78, 5) is 34.0. The number of carbonyl (C=O) groups excluding carboxylic acids is 2. The van der Waals surface area contributed by atoms with Crippen LogP contribution in [0, 0.1) is 12.7 Å². The summed E-state index contributed by atoms with van der Waals surface area (Å²) >= 11 is 0. The van der Waals surface area contributed by atoms with Crippen LogP contribution in [0.25, 0.3) is 11.3 Å². The highest BCUT2D eigenvalue weighted by molar-refractivity contribution is 6.10. The van der Waals surface area contributed by atoms with E-state index in [2.05, 4.69) is 20.6 Å². The van der Waals surface area contributed by atoms with Crippen molar-refractivity contribution in [3.8, 4) is 17.0 Å². The van der Waals surface area contributed by atoms with Gasteiger partial charge in [-0.15, -0.1) is 0 Å². The van der Waals surface area contributed by atoms with Gasteiger partial charge < -0.3 is 15.4 Å². The molecule has 2 N–H and O–H groups in total. The molecule has 2 heterocycles. The van der Waals surface area contributed by atoms with Crippen molar-refractivity contribution in [1.82, 2.24) is 9.97 Å². The van der Waals surface area contributed by atoms with E-state index in [-0.39, 0.29) is 16.9 Å². The topological polar surface area (TPSA) is 93.2 Å². The summed E-state index contributed by atoms with van der Waals surface area (Å²) in [5, 5.41) is 5.50. The van der Waals surface area contributed by atoms with E-state index < -0.39 is 11.8 Å². The zero-order valence-corrected chi connectivity index (χ0v) is 18.5. The van der Waals surface area contributed by atoms with Gasteiger partial charge in [-0.2, -0.15) is 0 Å². The number of nitrogens with one attached hydrogen (secondary N) is 2. The Labute approximate surface area is 195 Å². The lowest BCUT2D eigenvalue weighted by molar-refractivity contribution is 0.102. The minimum Gasteiger partial charge on any atom is -0.496 e. The molecule has 2 aromatic carbocycles. The highest BCUT2D eigenvalue weighted by Crippen LogP contribution is 2.24. The molecule has 34 heavy (non-hydrogen) atoms. The first-order valence-corrected chi connectivity index (χ1v) is 10.4. The van der Waals surface area contributed by atoms with E-state index in [1.54, 1.807) is 54.7 Å². The summed E-state index contributed by atoms with van der Waals surface area (Å²) in [6.45, 7) is 1.87. The zero-order chi connectivity index (χ0) is 24.1. The molecule has 7 nitrogen and oxygen atoms in total. The van der Waals surface area contributed by atoms with Gasteiger partial charge in [0.15, 0.2) is 0 Å². The van der Waals surface area contributed by atoms with Gasteiger partial charge in [0.05, 0.1) is 42.1 Å². The molecular weight excluding hydrogens is 435 g/mol. The highest BCUT2D eigenvalue weighted by atomic mass is 19.1. The van der Waals surface area contributed by atoms with E-state index >= 15 is 0 Å². The lowest BCUT2D eigenvalue weighted by Crippen LogP contribution is -2.17. The van der Waals surface area contributed by atoms with E-state index in [0.717, 1.165) is 5.56 Å². The maximum atomic E-state index is 14.0. The highest BCUT2D eigenvalue weighted by Gasteiger charge is 2.17. The second-order valence-corrected chi connectivity index (χ2v) is 7.49. The first kappa shape index (κ1) is 22.6. The average Bonchev–Trinajstić information content (AvgIpc) is 2.84. The Morgan fingerprint density at radius 1 is 0.882 bits per heavy atom. The largest absolute Gasteiger partial charge is 0.496 e. The number of benzene rings is 2. The van der Waals surface area contributed by atoms with Crippen molar-refractivity contribution in [3.63, 3.8) is 0 Å². The molecule has 0 bridgehead atoms. The third-order valence-corrected chi connectivity index (χ3v) is 5.01. The molecule has 0 aliphatic heterocycles. The van der Waals surface area contributed by atoms with Crippen LogP contribution in [0.2, 0.25) is 0 Å². The number of carbonyl (C=O) groups is 2. The number of hydrogen-bond donors (Lipinski definition) is 2. The van der Waals surface area contributed by atoms with Crippen LogP contribution in [0.4, 0.5) is 15.8 Å². The van der Waals surface area contributed by atoms with Crippen LogP contribution < -0.4 is 15.4 Å². The molecule has 0 saturated heterocycles. The Balaban J connectivity index is 1.52. The van der Waals surface area contributed by atoms with Crippen molar-refractivity contribution >= 4 is 23.2 Å². The fourth-order valence-corrected chi connectivity index (χ4v) is 3.35. The monoisotopic (exact) mass is 456 g/mol. The fourth-order valence-electron chi connectivity index (χ4n) is 3.35. The van der Waals surface area contributed by atoms with Gasteiger partial charge in [0, 0.05) is 17.3 Å². The Kier molecular flexibility index (Phi) is 6.59. The van der Waals surface area contributed by atoms with E-state index in [9.17, 15) is 14.0 Å². The standard InChI is InChI=1S/C26H21FN4O3/c1-16-11-19(14-28-13-16)31-26(33)21-12-17(7-10-24(21)34-2)25(32)30-18-8-9-23(29-15-18)20-5-3-4-6-22(20)27/h3-15H,1-2H3,(H,30,32)(H,31,33). The van der Waals surface area contributed by atoms with Crippen molar-refractivity contribution in [3.05, 3.63) is 102 Å². The molecule has 4 rings (SSSR count). The van der Waals surface area contributed by atoms with E-state index in [1.807, 2.05) is 6.92 Å². The Hall–Kier alpha value is -4.59. The minimum atomic E-state index is -0.436. The van der Waals surface area contributed by atoms with Crippen LogP contribution in [-0.2, 0) is 0 Å². The van der Waals surface area contributed by atoms with Crippen molar-refractivity contribution in [1.29, 1.82) is 0 Å². The van der Waals surface area contributed by atoms with Gasteiger partial charge in [-0.3, -0.25) is 19.6 Å². The van der Waals surface area contributed by atoms with Gasteiger partial charge in [-0.05, 0) is 61.0 Å². The molecule has 0 aliphatic carbocycles. The SMILES string of the molecule is COc1ccc(C(=O)Nc2ccc(-c3ccccc3F)nc2)cc1C(=O)Nc1cncc(C)c1. The predicted octanol–water partition coefficient (Wildman–Crippen LogP) is 5.10. The van der Waals surface area contributed by atoms with Gasteiger partial charge in [0.25, 0.3) is 11.8 Å². The molecule has 0 fully saturated rings. The molecule has 4 aromatic rings. The summed E-state index contributed by atoms with van der Waals surface area (Å²) in [5.41, 5.74) is 3.13. The molecule has 0 saturated carbocycles. The lowest BCUT2D eigenvalue weighted by Gasteiger charge is -2.12.